The van der Waals surface area contributed by atoms with Crippen molar-refractivity contribution in [1.29, 1.82) is 0 Å². The fourth-order valence-corrected chi connectivity index (χ4v) is 1.86. The van der Waals surface area contributed by atoms with E-state index in [1.807, 2.05) is 0 Å². The van der Waals surface area contributed by atoms with Gasteiger partial charge in [0.1, 0.15) is 4.60 Å². The van der Waals surface area contributed by atoms with Gasteiger partial charge >= 0.3 is 0 Å². The van der Waals surface area contributed by atoms with Crippen LogP contribution in [0.25, 0.3) is 0 Å². The lowest BCUT2D eigenvalue weighted by Crippen LogP contribution is -2.33. The molecule has 0 aliphatic heterocycles. The van der Waals surface area contributed by atoms with Crippen LogP contribution in [-0.2, 0) is 0 Å². The van der Waals surface area contributed by atoms with E-state index in [0.717, 1.165) is 12.8 Å². The maximum atomic E-state index is 11.7. The number of aromatic nitrogens is 1. The van der Waals surface area contributed by atoms with Crippen LogP contribution in [0.5, 0.6) is 0 Å². The highest BCUT2D eigenvalue weighted by atomic mass is 79.9. The summed E-state index contributed by atoms with van der Waals surface area (Å²) in [7, 11) is 0. The van der Waals surface area contributed by atoms with Crippen molar-refractivity contribution in [2.75, 3.05) is 6.54 Å². The number of pyridine rings is 1. The highest BCUT2D eigenvalue weighted by molar-refractivity contribution is 9.10. The minimum atomic E-state index is -0.408. The zero-order valence-electron chi connectivity index (χ0n) is 8.69. The van der Waals surface area contributed by atoms with Gasteiger partial charge in [0, 0.05) is 18.3 Å². The third kappa shape index (κ3) is 3.02. The first-order valence-corrected chi connectivity index (χ1v) is 6.04. The summed E-state index contributed by atoms with van der Waals surface area (Å²) in [6.07, 6.45) is 3.29. The normalized spacial score (nSPS) is 16.9. The molecule has 1 aromatic rings. The van der Waals surface area contributed by atoms with Gasteiger partial charge < -0.3 is 10.4 Å². The minimum Gasteiger partial charge on any atom is -0.391 e. The van der Waals surface area contributed by atoms with Gasteiger partial charge in [-0.05, 0) is 46.8 Å². The number of hydrogen-bond donors (Lipinski definition) is 2. The molecule has 1 heterocycles. The predicted octanol–water partition coefficient (Wildman–Crippen LogP) is 1.34. The van der Waals surface area contributed by atoms with Crippen LogP contribution in [0.1, 0.15) is 23.2 Å². The molecule has 0 radical (unpaired) electrons. The van der Waals surface area contributed by atoms with E-state index in [-0.39, 0.29) is 5.91 Å². The molecule has 1 aliphatic rings. The maximum absolute atomic E-state index is 11.7. The molecule has 4 nitrogen and oxygen atoms in total. The molecular weight excluding hydrogens is 272 g/mol. The van der Waals surface area contributed by atoms with E-state index < -0.39 is 6.10 Å². The molecule has 16 heavy (non-hydrogen) atoms. The Morgan fingerprint density at radius 2 is 2.44 bits per heavy atom. The first-order chi connectivity index (χ1) is 7.66. The Bertz CT molecular complexity index is 393. The number of aliphatic hydroxyl groups is 1. The topological polar surface area (TPSA) is 62.2 Å². The largest absolute Gasteiger partial charge is 0.391 e. The maximum Gasteiger partial charge on any atom is 0.251 e. The molecule has 2 N–H and O–H groups in total. The summed E-state index contributed by atoms with van der Waals surface area (Å²) in [5.74, 6) is 0.201. The third-order valence-electron chi connectivity index (χ3n) is 2.63. The first kappa shape index (κ1) is 11.5. The molecule has 1 saturated carbocycles. The van der Waals surface area contributed by atoms with Crippen molar-refractivity contribution < 1.29 is 9.90 Å². The molecule has 1 amide bonds. The standard InChI is InChI=1S/C11H13BrN2O2/c12-10-5-8(3-4-13-10)11(16)14-6-9(15)7-1-2-7/h3-5,7,9,15H,1-2,6H2,(H,14,16). The summed E-state index contributed by atoms with van der Waals surface area (Å²) in [5, 5.41) is 12.3. The van der Waals surface area contributed by atoms with Crippen molar-refractivity contribution in [1.82, 2.24) is 10.3 Å². The van der Waals surface area contributed by atoms with Crippen molar-refractivity contribution in [3.63, 3.8) is 0 Å². The molecule has 1 aromatic heterocycles. The van der Waals surface area contributed by atoms with Crippen LogP contribution in [0.2, 0.25) is 0 Å². The van der Waals surface area contributed by atoms with Crippen LogP contribution in [0.4, 0.5) is 0 Å². The number of hydrogen-bond acceptors (Lipinski definition) is 3. The van der Waals surface area contributed by atoms with Crippen LogP contribution in [0.3, 0.4) is 0 Å². The van der Waals surface area contributed by atoms with Gasteiger partial charge in [-0.25, -0.2) is 4.98 Å². The Morgan fingerprint density at radius 3 is 3.06 bits per heavy atom. The van der Waals surface area contributed by atoms with Gasteiger partial charge in [0.2, 0.25) is 0 Å². The summed E-state index contributed by atoms with van der Waals surface area (Å²) in [5.41, 5.74) is 0.546. The average molecular weight is 285 g/mol. The van der Waals surface area contributed by atoms with Gasteiger partial charge in [-0.1, -0.05) is 0 Å². The van der Waals surface area contributed by atoms with Gasteiger partial charge in [-0.3, -0.25) is 4.79 Å². The van der Waals surface area contributed by atoms with Gasteiger partial charge in [0.25, 0.3) is 5.91 Å². The number of carbonyl (C=O) groups is 1. The molecule has 0 aromatic carbocycles. The lowest BCUT2D eigenvalue weighted by molar-refractivity contribution is 0.0901. The van der Waals surface area contributed by atoms with Crippen molar-refractivity contribution in [3.8, 4) is 0 Å². The number of aliphatic hydroxyl groups excluding tert-OH is 1. The Balaban J connectivity index is 1.87. The molecule has 5 heteroatoms. The fraction of sp³-hybridized carbons (Fsp3) is 0.455. The Kier molecular flexibility index (Phi) is 3.56. The molecule has 0 saturated heterocycles. The Morgan fingerprint density at radius 1 is 1.69 bits per heavy atom. The Hall–Kier alpha value is -0.940. The summed E-state index contributed by atoms with van der Waals surface area (Å²) in [6, 6.07) is 3.29. The van der Waals surface area contributed by atoms with Crippen molar-refractivity contribution in [3.05, 3.63) is 28.5 Å². The Labute approximate surface area is 102 Å². The molecule has 0 spiro atoms. The van der Waals surface area contributed by atoms with Gasteiger partial charge in [0.15, 0.2) is 0 Å². The zero-order chi connectivity index (χ0) is 11.5. The summed E-state index contributed by atoms with van der Waals surface area (Å²) < 4.78 is 0.628. The smallest absolute Gasteiger partial charge is 0.251 e. The second-order valence-electron chi connectivity index (χ2n) is 3.98. The molecule has 1 unspecified atom stereocenters. The quantitative estimate of drug-likeness (QED) is 0.821. The monoisotopic (exact) mass is 284 g/mol. The molecule has 1 aliphatic carbocycles. The van der Waals surface area contributed by atoms with E-state index in [9.17, 15) is 9.90 Å². The number of nitrogens with one attached hydrogen (secondary N) is 1. The van der Waals surface area contributed by atoms with E-state index in [4.69, 9.17) is 0 Å². The second-order valence-corrected chi connectivity index (χ2v) is 4.79. The minimum absolute atomic E-state index is 0.178. The highest BCUT2D eigenvalue weighted by Crippen LogP contribution is 2.32. The van der Waals surface area contributed by atoms with E-state index in [0.29, 0.717) is 22.6 Å². The first-order valence-electron chi connectivity index (χ1n) is 5.24. The lowest BCUT2D eigenvalue weighted by Gasteiger charge is -2.10. The van der Waals surface area contributed by atoms with E-state index in [1.165, 1.54) is 0 Å². The average Bonchev–Trinajstić information content (AvgIpc) is 3.09. The third-order valence-corrected chi connectivity index (χ3v) is 3.06. The molecule has 86 valence electrons. The molecule has 1 atom stereocenters. The van der Waals surface area contributed by atoms with Gasteiger partial charge in [-0.2, -0.15) is 0 Å². The van der Waals surface area contributed by atoms with E-state index in [1.54, 1.807) is 18.3 Å². The molecule has 0 bridgehead atoms. The van der Waals surface area contributed by atoms with E-state index >= 15 is 0 Å². The fourth-order valence-electron chi connectivity index (χ4n) is 1.49. The van der Waals surface area contributed by atoms with Crippen molar-refractivity contribution in [2.45, 2.75) is 18.9 Å². The highest BCUT2D eigenvalue weighted by Gasteiger charge is 2.29. The molecule has 2 rings (SSSR count). The molecular formula is C11H13BrN2O2. The number of rotatable bonds is 4. The van der Waals surface area contributed by atoms with Crippen LogP contribution < -0.4 is 5.32 Å². The number of nitrogens with zero attached hydrogens (tertiary/aromatic N) is 1. The van der Waals surface area contributed by atoms with Crippen molar-refractivity contribution >= 4 is 21.8 Å². The lowest BCUT2D eigenvalue weighted by atomic mass is 10.2. The SMILES string of the molecule is O=C(NCC(O)C1CC1)c1ccnc(Br)c1. The number of halogens is 1. The number of amides is 1. The van der Waals surface area contributed by atoms with Crippen LogP contribution in [0, 0.1) is 5.92 Å². The van der Waals surface area contributed by atoms with Crippen molar-refractivity contribution in [2.24, 2.45) is 5.92 Å². The zero-order valence-corrected chi connectivity index (χ0v) is 10.3. The van der Waals surface area contributed by atoms with Gasteiger partial charge in [-0.15, -0.1) is 0 Å². The second kappa shape index (κ2) is 4.93. The molecule has 1 fully saturated rings. The summed E-state index contributed by atoms with van der Waals surface area (Å²) >= 11 is 3.20. The summed E-state index contributed by atoms with van der Waals surface area (Å²) in [6.45, 7) is 0.323. The van der Waals surface area contributed by atoms with Crippen LogP contribution in [0.15, 0.2) is 22.9 Å². The van der Waals surface area contributed by atoms with Crippen LogP contribution >= 0.6 is 15.9 Å². The van der Waals surface area contributed by atoms with Crippen LogP contribution in [-0.4, -0.2) is 28.6 Å². The number of carbonyl (C=O) groups excluding carboxylic acids is 1. The summed E-state index contributed by atoms with van der Waals surface area (Å²) in [4.78, 5) is 15.6. The predicted molar refractivity (Wildman–Crippen MR) is 63.0 cm³/mol. The van der Waals surface area contributed by atoms with E-state index in [2.05, 4.69) is 26.2 Å². The van der Waals surface area contributed by atoms with Gasteiger partial charge in [0.05, 0.1) is 6.10 Å².